The molecular formula is C16H22ClN3O2. The van der Waals surface area contributed by atoms with E-state index in [0.29, 0.717) is 10.7 Å². The molecule has 0 aliphatic carbocycles. The summed E-state index contributed by atoms with van der Waals surface area (Å²) in [5.41, 5.74) is 4.79. The Hall–Kier alpha value is -1.88. The fourth-order valence-electron chi connectivity index (χ4n) is 1.81. The second kappa shape index (κ2) is 9.20. The van der Waals surface area contributed by atoms with Gasteiger partial charge in [0.05, 0.1) is 0 Å². The molecule has 0 heterocycles. The summed E-state index contributed by atoms with van der Waals surface area (Å²) in [5.74, 6) is -0.497. The number of nitrogens with zero attached hydrogens (tertiary/aromatic N) is 1. The molecule has 1 aromatic rings. The Balaban J connectivity index is 2.41. The van der Waals surface area contributed by atoms with Gasteiger partial charge in [-0.15, -0.1) is 0 Å². The maximum atomic E-state index is 11.9. The van der Waals surface area contributed by atoms with Gasteiger partial charge in [-0.2, -0.15) is 5.10 Å². The van der Waals surface area contributed by atoms with Gasteiger partial charge in [0, 0.05) is 29.3 Å². The van der Waals surface area contributed by atoms with Gasteiger partial charge in [-0.1, -0.05) is 31.0 Å². The van der Waals surface area contributed by atoms with Gasteiger partial charge in [-0.25, -0.2) is 5.43 Å². The highest BCUT2D eigenvalue weighted by molar-refractivity contribution is 6.31. The lowest BCUT2D eigenvalue weighted by Gasteiger charge is -2.09. The third-order valence-corrected chi connectivity index (χ3v) is 3.51. The Morgan fingerprint density at radius 1 is 1.18 bits per heavy atom. The number of amides is 2. The van der Waals surface area contributed by atoms with Crippen LogP contribution >= 0.6 is 11.6 Å². The van der Waals surface area contributed by atoms with Gasteiger partial charge in [0.15, 0.2) is 0 Å². The molecule has 1 rings (SSSR count). The fourth-order valence-corrected chi connectivity index (χ4v) is 1.99. The Bertz CT molecular complexity index is 571. The first kappa shape index (κ1) is 18.2. The predicted octanol–water partition coefficient (Wildman–Crippen LogP) is 3.66. The maximum absolute atomic E-state index is 11.9. The minimum absolute atomic E-state index is 0.0916. The van der Waals surface area contributed by atoms with Gasteiger partial charge >= 0.3 is 0 Å². The van der Waals surface area contributed by atoms with Crippen LogP contribution in [0.4, 0.5) is 5.69 Å². The van der Waals surface area contributed by atoms with Gasteiger partial charge in [0.1, 0.15) is 0 Å². The molecule has 0 aliphatic heterocycles. The van der Waals surface area contributed by atoms with Crippen LogP contribution in [-0.2, 0) is 9.59 Å². The summed E-state index contributed by atoms with van der Waals surface area (Å²) in [6.07, 6.45) is 2.01. The van der Waals surface area contributed by atoms with Crippen molar-refractivity contribution in [1.82, 2.24) is 5.43 Å². The van der Waals surface area contributed by atoms with Crippen molar-refractivity contribution in [2.45, 2.75) is 46.5 Å². The van der Waals surface area contributed by atoms with Crippen LogP contribution in [0.1, 0.15) is 45.1 Å². The molecule has 0 saturated carbocycles. The number of halogens is 1. The van der Waals surface area contributed by atoms with Gasteiger partial charge < -0.3 is 5.32 Å². The predicted molar refractivity (Wildman–Crippen MR) is 90.2 cm³/mol. The first-order valence-corrected chi connectivity index (χ1v) is 7.68. The Labute approximate surface area is 136 Å². The average Bonchev–Trinajstić information content (AvgIpc) is 2.48. The highest BCUT2D eigenvalue weighted by Crippen LogP contribution is 2.22. The number of benzene rings is 1. The number of rotatable bonds is 7. The molecule has 0 fully saturated rings. The molecule has 0 unspecified atom stereocenters. The summed E-state index contributed by atoms with van der Waals surface area (Å²) >= 11 is 5.99. The van der Waals surface area contributed by atoms with Crippen molar-refractivity contribution < 1.29 is 9.59 Å². The SMILES string of the molecule is CCC/C(C)=N/NC(=O)CCC(=O)Nc1cccc(Cl)c1C. The Kier molecular flexibility index (Phi) is 7.60. The van der Waals surface area contributed by atoms with Crippen molar-refractivity contribution in [1.29, 1.82) is 0 Å². The lowest BCUT2D eigenvalue weighted by Crippen LogP contribution is -2.21. The molecule has 2 N–H and O–H groups in total. The Morgan fingerprint density at radius 3 is 2.55 bits per heavy atom. The molecule has 5 nitrogen and oxygen atoms in total. The molecule has 120 valence electrons. The van der Waals surface area contributed by atoms with E-state index in [-0.39, 0.29) is 24.7 Å². The van der Waals surface area contributed by atoms with Crippen molar-refractivity contribution in [2.75, 3.05) is 5.32 Å². The summed E-state index contributed by atoms with van der Waals surface area (Å²) in [6, 6.07) is 5.30. The van der Waals surface area contributed by atoms with Gasteiger partial charge in [-0.3, -0.25) is 9.59 Å². The standard InChI is InChI=1S/C16H22ClN3O2/c1-4-6-11(2)19-20-16(22)10-9-15(21)18-14-8-5-7-13(17)12(14)3/h5,7-8H,4,6,9-10H2,1-3H3,(H,18,21)(H,20,22)/b19-11+. The number of hydrogen-bond acceptors (Lipinski definition) is 3. The molecule has 0 atom stereocenters. The quantitative estimate of drug-likeness (QED) is 0.594. The zero-order valence-electron chi connectivity index (χ0n) is 13.2. The van der Waals surface area contributed by atoms with Crippen LogP contribution in [0.3, 0.4) is 0 Å². The van der Waals surface area contributed by atoms with Crippen molar-refractivity contribution in [3.05, 3.63) is 28.8 Å². The van der Waals surface area contributed by atoms with Crippen molar-refractivity contribution in [3.8, 4) is 0 Å². The third kappa shape index (κ3) is 6.26. The van der Waals surface area contributed by atoms with Crippen LogP contribution in [0.15, 0.2) is 23.3 Å². The van der Waals surface area contributed by atoms with Crippen molar-refractivity contribution >= 4 is 34.8 Å². The van der Waals surface area contributed by atoms with Crippen LogP contribution in [0.5, 0.6) is 0 Å². The summed E-state index contributed by atoms with van der Waals surface area (Å²) < 4.78 is 0. The minimum atomic E-state index is -0.270. The van der Waals surface area contributed by atoms with Crippen LogP contribution in [0.25, 0.3) is 0 Å². The number of carbonyl (C=O) groups excluding carboxylic acids is 2. The number of nitrogens with one attached hydrogen (secondary N) is 2. The van der Waals surface area contributed by atoms with Crippen LogP contribution in [-0.4, -0.2) is 17.5 Å². The van der Waals surface area contributed by atoms with Gasteiger partial charge in [-0.05, 0) is 38.0 Å². The molecule has 22 heavy (non-hydrogen) atoms. The van der Waals surface area contributed by atoms with Crippen molar-refractivity contribution in [3.63, 3.8) is 0 Å². The average molecular weight is 324 g/mol. The highest BCUT2D eigenvalue weighted by atomic mass is 35.5. The highest BCUT2D eigenvalue weighted by Gasteiger charge is 2.09. The first-order valence-electron chi connectivity index (χ1n) is 7.31. The van der Waals surface area contributed by atoms with E-state index in [4.69, 9.17) is 11.6 Å². The number of carbonyl (C=O) groups is 2. The number of hydrazone groups is 1. The fraction of sp³-hybridized carbons (Fsp3) is 0.438. The molecule has 0 aliphatic rings. The molecular weight excluding hydrogens is 302 g/mol. The molecule has 0 radical (unpaired) electrons. The molecule has 0 aromatic heterocycles. The smallest absolute Gasteiger partial charge is 0.240 e. The lowest BCUT2D eigenvalue weighted by molar-refractivity contribution is -0.124. The molecule has 0 spiro atoms. The number of anilines is 1. The lowest BCUT2D eigenvalue weighted by atomic mass is 10.2. The monoisotopic (exact) mass is 323 g/mol. The third-order valence-electron chi connectivity index (χ3n) is 3.10. The van der Waals surface area contributed by atoms with Crippen LogP contribution < -0.4 is 10.7 Å². The summed E-state index contributed by atoms with van der Waals surface area (Å²) in [6.45, 7) is 5.73. The molecule has 0 saturated heterocycles. The minimum Gasteiger partial charge on any atom is -0.326 e. The van der Waals surface area contributed by atoms with E-state index in [1.54, 1.807) is 18.2 Å². The van der Waals surface area contributed by atoms with E-state index < -0.39 is 0 Å². The van der Waals surface area contributed by atoms with Crippen LogP contribution in [0.2, 0.25) is 5.02 Å². The summed E-state index contributed by atoms with van der Waals surface area (Å²) in [4.78, 5) is 23.5. The second-order valence-electron chi connectivity index (χ2n) is 5.09. The summed E-state index contributed by atoms with van der Waals surface area (Å²) in [5, 5.41) is 7.32. The van der Waals surface area contributed by atoms with E-state index >= 15 is 0 Å². The molecule has 0 bridgehead atoms. The van der Waals surface area contributed by atoms with Crippen molar-refractivity contribution in [2.24, 2.45) is 5.10 Å². The van der Waals surface area contributed by atoms with E-state index in [1.165, 1.54) is 0 Å². The normalized spacial score (nSPS) is 11.2. The zero-order valence-corrected chi connectivity index (χ0v) is 14.0. The molecule has 6 heteroatoms. The zero-order chi connectivity index (χ0) is 16.5. The summed E-state index contributed by atoms with van der Waals surface area (Å²) in [7, 11) is 0. The first-order chi connectivity index (χ1) is 10.4. The largest absolute Gasteiger partial charge is 0.326 e. The maximum Gasteiger partial charge on any atom is 0.240 e. The topological polar surface area (TPSA) is 70.6 Å². The van der Waals surface area contributed by atoms with E-state index in [0.717, 1.165) is 24.1 Å². The van der Waals surface area contributed by atoms with Gasteiger partial charge in [0.25, 0.3) is 0 Å². The van der Waals surface area contributed by atoms with Crippen LogP contribution in [0, 0.1) is 6.92 Å². The van der Waals surface area contributed by atoms with E-state index in [1.807, 2.05) is 20.8 Å². The van der Waals surface area contributed by atoms with E-state index in [2.05, 4.69) is 15.8 Å². The van der Waals surface area contributed by atoms with E-state index in [9.17, 15) is 9.59 Å². The molecule has 1 aromatic carbocycles. The Morgan fingerprint density at radius 2 is 1.86 bits per heavy atom. The molecule has 2 amide bonds. The van der Waals surface area contributed by atoms with Gasteiger partial charge in [0.2, 0.25) is 11.8 Å². The number of hydrogen-bond donors (Lipinski definition) is 2. The second-order valence-corrected chi connectivity index (χ2v) is 5.50.